The molecule has 0 saturated heterocycles. The third kappa shape index (κ3) is 8.26. The summed E-state index contributed by atoms with van der Waals surface area (Å²) in [5.74, 6) is -0.833. The van der Waals surface area contributed by atoms with Crippen LogP contribution in [0.25, 0.3) is 6.08 Å². The molecule has 4 nitrogen and oxygen atoms in total. The third-order valence-electron chi connectivity index (χ3n) is 1.47. The molecule has 0 aliphatic carbocycles. The van der Waals surface area contributed by atoms with Crippen molar-refractivity contribution < 1.29 is 37.0 Å². The van der Waals surface area contributed by atoms with Crippen molar-refractivity contribution in [3.63, 3.8) is 0 Å². The van der Waals surface area contributed by atoms with E-state index in [-0.39, 0.29) is 17.1 Å². The summed E-state index contributed by atoms with van der Waals surface area (Å²) in [6, 6.07) is 6.87. The summed E-state index contributed by atoms with van der Waals surface area (Å²) in [5, 5.41) is 24.9. The summed E-state index contributed by atoms with van der Waals surface area (Å²) in [6.07, 6.45) is 1.70. The van der Waals surface area contributed by atoms with Gasteiger partial charge in [0.2, 0.25) is 0 Å². The van der Waals surface area contributed by atoms with Gasteiger partial charge in [-0.05, 0) is 11.0 Å². The molecule has 1 rings (SSSR count). The zero-order valence-corrected chi connectivity index (χ0v) is 9.98. The molecule has 1 aromatic rings. The van der Waals surface area contributed by atoms with Gasteiger partial charge in [-0.2, -0.15) is 0 Å². The first kappa shape index (κ1) is 17.3. The number of rotatable bonds is 2. The molecule has 6 heteroatoms. The van der Waals surface area contributed by atoms with Crippen LogP contribution in [-0.2, 0) is 21.9 Å². The van der Waals surface area contributed by atoms with Crippen LogP contribution in [0.1, 0.15) is 12.5 Å². The van der Waals surface area contributed by atoms with Crippen LogP contribution in [0.2, 0.25) is 0 Å². The minimum atomic E-state index is -1.38. The summed E-state index contributed by atoms with van der Waals surface area (Å²) in [4.78, 5) is 9.00. The maximum absolute atomic E-state index is 9.00. The van der Waals surface area contributed by atoms with Crippen molar-refractivity contribution in [2.75, 3.05) is 0 Å². The molecule has 1 aromatic carbocycles. The van der Waals surface area contributed by atoms with Gasteiger partial charge in [-0.25, -0.2) is 0 Å². The van der Waals surface area contributed by atoms with Crippen molar-refractivity contribution >= 4 is 24.6 Å². The van der Waals surface area contributed by atoms with Crippen molar-refractivity contribution in [1.29, 1.82) is 0 Å². The molecule has 0 aliphatic heterocycles. The molecule has 3 N–H and O–H groups in total. The fraction of sp³-hybridized carbons (Fsp3) is 0.100. The van der Waals surface area contributed by atoms with E-state index >= 15 is 0 Å². The van der Waals surface area contributed by atoms with Crippen LogP contribution >= 0.6 is 0 Å². The Morgan fingerprint density at radius 1 is 1.31 bits per heavy atom. The van der Waals surface area contributed by atoms with Gasteiger partial charge in [0, 0.05) is 24.0 Å². The molecule has 0 unspecified atom stereocenters. The number of hydrogen-bond donors (Lipinski definition) is 3. The molecule has 0 saturated carbocycles. The Balaban J connectivity index is 0. The predicted molar refractivity (Wildman–Crippen MR) is 59.7 cm³/mol. The first-order valence-corrected chi connectivity index (χ1v) is 4.25. The van der Waals surface area contributed by atoms with Crippen molar-refractivity contribution in [3.8, 4) is 0 Å². The number of carbonyl (C=O) groups is 1. The Kier molecular flexibility index (Phi) is 9.95. The van der Waals surface area contributed by atoms with Gasteiger partial charge in [0.1, 0.15) is 0 Å². The van der Waals surface area contributed by atoms with Crippen molar-refractivity contribution in [2.24, 2.45) is 0 Å². The monoisotopic (exact) mass is 263 g/mol. The maximum Gasteiger partial charge on any atom is 0.488 e. The Morgan fingerprint density at radius 3 is 1.94 bits per heavy atom. The Bertz CT molecular complexity index is 320. The number of carboxylic acid groups (broad SMARTS) is 1. The number of benzene rings is 1. The maximum atomic E-state index is 9.00. The Labute approximate surface area is 105 Å². The molecule has 0 bridgehead atoms. The molecule has 16 heavy (non-hydrogen) atoms. The quantitative estimate of drug-likeness (QED) is 0.661. The van der Waals surface area contributed by atoms with Crippen molar-refractivity contribution in [2.45, 2.75) is 6.92 Å². The van der Waals surface area contributed by atoms with Crippen LogP contribution in [0.3, 0.4) is 0 Å². The minimum absolute atomic E-state index is 0. The molecular weight excluding hydrogens is 250 g/mol. The van der Waals surface area contributed by atoms with Crippen molar-refractivity contribution in [3.05, 3.63) is 36.4 Å². The van der Waals surface area contributed by atoms with E-state index in [1.807, 2.05) is 0 Å². The molecule has 0 heterocycles. The zero-order valence-electron chi connectivity index (χ0n) is 8.80. The second-order valence-electron chi connectivity index (χ2n) is 2.76. The molecule has 0 aliphatic rings. The van der Waals surface area contributed by atoms with Gasteiger partial charge < -0.3 is 15.2 Å². The first-order chi connectivity index (χ1) is 6.97. The van der Waals surface area contributed by atoms with Crippen LogP contribution in [0.15, 0.2) is 30.8 Å². The van der Waals surface area contributed by atoms with Crippen LogP contribution < -0.4 is 5.46 Å². The van der Waals surface area contributed by atoms with Gasteiger partial charge in [-0.1, -0.05) is 36.9 Å². The molecule has 0 aromatic heterocycles. The fourth-order valence-corrected chi connectivity index (χ4v) is 0.804. The topological polar surface area (TPSA) is 77.8 Å². The SMILES string of the molecule is C=Cc1ccc(B(O)O)cc1.CC(=O)O.[Mn]. The first-order valence-electron chi connectivity index (χ1n) is 4.25. The van der Waals surface area contributed by atoms with E-state index in [2.05, 4.69) is 6.58 Å². The van der Waals surface area contributed by atoms with Crippen LogP contribution in [0.4, 0.5) is 0 Å². The van der Waals surface area contributed by atoms with Crippen LogP contribution in [-0.4, -0.2) is 28.2 Å². The average Bonchev–Trinajstić information content (AvgIpc) is 2.17. The van der Waals surface area contributed by atoms with Crippen molar-refractivity contribution in [1.82, 2.24) is 0 Å². The molecule has 0 atom stereocenters. The van der Waals surface area contributed by atoms with E-state index in [0.717, 1.165) is 12.5 Å². The molecule has 0 spiro atoms. The Hall–Kier alpha value is -1.07. The van der Waals surface area contributed by atoms with Crippen LogP contribution in [0.5, 0.6) is 0 Å². The molecule has 1 radical (unpaired) electrons. The Morgan fingerprint density at radius 2 is 1.69 bits per heavy atom. The third-order valence-corrected chi connectivity index (χ3v) is 1.47. The summed E-state index contributed by atoms with van der Waals surface area (Å²) in [5.41, 5.74) is 1.46. The smallest absolute Gasteiger partial charge is 0.481 e. The van der Waals surface area contributed by atoms with E-state index in [4.69, 9.17) is 19.9 Å². The van der Waals surface area contributed by atoms with E-state index in [9.17, 15) is 0 Å². The summed E-state index contributed by atoms with van der Waals surface area (Å²) < 4.78 is 0. The van der Waals surface area contributed by atoms with E-state index in [1.54, 1.807) is 30.3 Å². The number of hydrogen-bond acceptors (Lipinski definition) is 3. The van der Waals surface area contributed by atoms with Gasteiger partial charge in [0.25, 0.3) is 5.97 Å². The van der Waals surface area contributed by atoms with E-state index in [1.165, 1.54) is 0 Å². The van der Waals surface area contributed by atoms with Gasteiger partial charge >= 0.3 is 7.12 Å². The van der Waals surface area contributed by atoms with Gasteiger partial charge in [-0.3, -0.25) is 4.79 Å². The van der Waals surface area contributed by atoms with Crippen LogP contribution in [0, 0.1) is 0 Å². The standard InChI is InChI=1S/C8H9BO2.C2H4O2.Mn/c1-2-7-3-5-8(6-4-7)9(10)11;1-2(3)4;/h2-6,10-11H,1H2;1H3,(H,3,4);. The molecular formula is C10H13BMnO4. The molecule has 87 valence electrons. The number of aliphatic carboxylic acids is 1. The normalized spacial score (nSPS) is 7.94. The summed E-state index contributed by atoms with van der Waals surface area (Å²) in [6.45, 7) is 4.66. The zero-order chi connectivity index (χ0) is 11.8. The van der Waals surface area contributed by atoms with E-state index in [0.29, 0.717) is 5.46 Å². The van der Waals surface area contributed by atoms with Gasteiger partial charge in [0.05, 0.1) is 0 Å². The van der Waals surface area contributed by atoms with Gasteiger partial charge in [-0.15, -0.1) is 0 Å². The fourth-order valence-electron chi connectivity index (χ4n) is 0.804. The second-order valence-corrected chi connectivity index (χ2v) is 2.76. The summed E-state index contributed by atoms with van der Waals surface area (Å²) in [7, 11) is -1.38. The van der Waals surface area contributed by atoms with E-state index < -0.39 is 13.1 Å². The average molecular weight is 263 g/mol. The second kappa shape index (κ2) is 9.18. The molecule has 0 amide bonds. The number of carboxylic acids is 1. The minimum Gasteiger partial charge on any atom is -0.481 e. The predicted octanol–water partition coefficient (Wildman–Crippen LogP) is 0.0978. The summed E-state index contributed by atoms with van der Waals surface area (Å²) >= 11 is 0. The van der Waals surface area contributed by atoms with Gasteiger partial charge in [0.15, 0.2) is 0 Å². The molecule has 0 fully saturated rings. The largest absolute Gasteiger partial charge is 0.488 e.